The van der Waals surface area contributed by atoms with Gasteiger partial charge in [-0.25, -0.2) is 5.43 Å². The number of hydrogen-bond acceptors (Lipinski definition) is 8. The highest BCUT2D eigenvalue weighted by atomic mass is 35.6. The van der Waals surface area contributed by atoms with Gasteiger partial charge in [-0.3, -0.25) is 24.2 Å². The Morgan fingerprint density at radius 1 is 1.08 bits per heavy atom. The van der Waals surface area contributed by atoms with Crippen molar-refractivity contribution < 1.29 is 33.4 Å². The minimum atomic E-state index is -1.74. The highest BCUT2D eigenvalue weighted by molar-refractivity contribution is 6.67. The standard InChI is InChI=1S/C26H42Cl3N3O7/c1-16(2)18(14-21(33)39-25(3,4)5)22(34)30-20(13-17-8-11-37-12-9-17)23(35)32-10-6-7-19(31-32)24(36)38-15-26(27,28)29/h16-20,31H,6-15H2,1-5H3,(H,30,34)/t18-,19-,20?/m0/s1. The number of carbonyl (C=O) groups is 4. The highest BCUT2D eigenvalue weighted by Gasteiger charge is 2.37. The smallest absolute Gasteiger partial charge is 0.325 e. The molecule has 0 saturated carbocycles. The van der Waals surface area contributed by atoms with E-state index in [1.165, 1.54) is 5.01 Å². The monoisotopic (exact) mass is 613 g/mol. The summed E-state index contributed by atoms with van der Waals surface area (Å²) in [6.45, 7) is 10.1. The lowest BCUT2D eigenvalue weighted by Gasteiger charge is -2.36. The summed E-state index contributed by atoms with van der Waals surface area (Å²) in [5.41, 5.74) is 2.25. The van der Waals surface area contributed by atoms with Gasteiger partial charge in [-0.05, 0) is 64.7 Å². The van der Waals surface area contributed by atoms with Gasteiger partial charge in [-0.2, -0.15) is 0 Å². The molecule has 1 unspecified atom stereocenters. The molecule has 39 heavy (non-hydrogen) atoms. The predicted octanol–water partition coefficient (Wildman–Crippen LogP) is 3.70. The maximum atomic E-state index is 13.7. The summed E-state index contributed by atoms with van der Waals surface area (Å²) in [5.74, 6) is -2.54. The highest BCUT2D eigenvalue weighted by Crippen LogP contribution is 2.27. The zero-order valence-corrected chi connectivity index (χ0v) is 25.7. The number of carbonyl (C=O) groups excluding carboxylic acids is 4. The van der Waals surface area contributed by atoms with Crippen LogP contribution >= 0.6 is 34.8 Å². The van der Waals surface area contributed by atoms with E-state index >= 15 is 0 Å². The van der Waals surface area contributed by atoms with Crippen LogP contribution in [0.2, 0.25) is 0 Å². The molecule has 10 nitrogen and oxygen atoms in total. The van der Waals surface area contributed by atoms with Gasteiger partial charge in [0.2, 0.25) is 9.70 Å². The van der Waals surface area contributed by atoms with E-state index in [0.717, 1.165) is 12.8 Å². The van der Waals surface area contributed by atoms with Gasteiger partial charge < -0.3 is 19.5 Å². The van der Waals surface area contributed by atoms with E-state index in [4.69, 9.17) is 49.0 Å². The third kappa shape index (κ3) is 12.4. The zero-order chi connectivity index (χ0) is 29.4. The van der Waals surface area contributed by atoms with Crippen LogP contribution in [0, 0.1) is 17.8 Å². The molecule has 2 rings (SSSR count). The molecule has 3 atom stereocenters. The summed E-state index contributed by atoms with van der Waals surface area (Å²) in [6, 6.07) is -1.66. The summed E-state index contributed by atoms with van der Waals surface area (Å²) in [7, 11) is 0. The van der Waals surface area contributed by atoms with Gasteiger partial charge in [0.05, 0.1) is 12.3 Å². The van der Waals surface area contributed by atoms with Crippen LogP contribution in [0.4, 0.5) is 0 Å². The number of hydrogen-bond donors (Lipinski definition) is 2. The second-order valence-electron chi connectivity index (χ2n) is 11.5. The summed E-state index contributed by atoms with van der Waals surface area (Å²) in [4.78, 5) is 52.2. The Kier molecular flexibility index (Phi) is 13.1. The van der Waals surface area contributed by atoms with Crippen molar-refractivity contribution in [3.05, 3.63) is 0 Å². The Bertz CT molecular complexity index is 855. The summed E-state index contributed by atoms with van der Waals surface area (Å²) >= 11 is 17.0. The fourth-order valence-electron chi connectivity index (χ4n) is 4.57. The van der Waals surface area contributed by atoms with Crippen molar-refractivity contribution in [2.24, 2.45) is 17.8 Å². The van der Waals surface area contributed by atoms with Crippen molar-refractivity contribution in [1.29, 1.82) is 0 Å². The van der Waals surface area contributed by atoms with Crippen LogP contribution in [-0.4, -0.2) is 76.6 Å². The fourth-order valence-corrected chi connectivity index (χ4v) is 4.73. The average molecular weight is 615 g/mol. The molecule has 2 aliphatic rings. The Morgan fingerprint density at radius 3 is 2.28 bits per heavy atom. The third-order valence-electron chi connectivity index (χ3n) is 6.59. The van der Waals surface area contributed by atoms with Crippen LogP contribution in [0.1, 0.15) is 73.1 Å². The van der Waals surface area contributed by atoms with E-state index in [1.807, 2.05) is 13.8 Å². The second kappa shape index (κ2) is 15.1. The Morgan fingerprint density at radius 2 is 1.72 bits per heavy atom. The van der Waals surface area contributed by atoms with Crippen LogP contribution in [0.25, 0.3) is 0 Å². The molecule has 0 bridgehead atoms. The number of nitrogens with one attached hydrogen (secondary N) is 2. The molecule has 0 aromatic rings. The third-order valence-corrected chi connectivity index (χ3v) is 6.91. The number of hydrazine groups is 1. The number of alkyl halides is 3. The number of amides is 2. The maximum Gasteiger partial charge on any atom is 0.325 e. The van der Waals surface area contributed by atoms with Gasteiger partial charge in [-0.15, -0.1) is 0 Å². The molecule has 0 radical (unpaired) electrons. The lowest BCUT2D eigenvalue weighted by atomic mass is 9.89. The molecule has 2 fully saturated rings. The van der Waals surface area contributed by atoms with Gasteiger partial charge in [0.25, 0.3) is 5.91 Å². The molecule has 2 amide bonds. The van der Waals surface area contributed by atoms with E-state index in [1.54, 1.807) is 20.8 Å². The van der Waals surface area contributed by atoms with Crippen molar-refractivity contribution >= 4 is 58.6 Å². The maximum absolute atomic E-state index is 13.7. The van der Waals surface area contributed by atoms with E-state index in [9.17, 15) is 19.2 Å². The van der Waals surface area contributed by atoms with Crippen molar-refractivity contribution in [3.8, 4) is 0 Å². The van der Waals surface area contributed by atoms with Gasteiger partial charge in [0, 0.05) is 19.8 Å². The lowest BCUT2D eigenvalue weighted by Crippen LogP contribution is -2.60. The number of halogens is 3. The summed E-state index contributed by atoms with van der Waals surface area (Å²) in [6.07, 6.45) is 2.82. The molecule has 224 valence electrons. The first-order valence-corrected chi connectivity index (χ1v) is 14.6. The van der Waals surface area contributed by atoms with Gasteiger partial charge in [0.1, 0.15) is 24.3 Å². The Labute approximate surface area is 246 Å². The largest absolute Gasteiger partial charge is 0.460 e. The molecule has 0 aliphatic carbocycles. The van der Waals surface area contributed by atoms with Crippen molar-refractivity contribution in [1.82, 2.24) is 15.8 Å². The topological polar surface area (TPSA) is 123 Å². The first-order valence-electron chi connectivity index (χ1n) is 13.5. The molecular formula is C26H42Cl3N3O7. The molecule has 0 aromatic carbocycles. The number of esters is 2. The van der Waals surface area contributed by atoms with Crippen LogP contribution < -0.4 is 10.7 Å². The number of nitrogens with zero attached hydrogens (tertiary/aromatic N) is 1. The van der Waals surface area contributed by atoms with Gasteiger partial charge >= 0.3 is 11.9 Å². The normalized spacial score (nSPS) is 20.7. The predicted molar refractivity (Wildman–Crippen MR) is 148 cm³/mol. The van der Waals surface area contributed by atoms with Crippen LogP contribution in [0.15, 0.2) is 0 Å². The van der Waals surface area contributed by atoms with Crippen LogP contribution in [0.5, 0.6) is 0 Å². The van der Waals surface area contributed by atoms with Gasteiger partial charge in [-0.1, -0.05) is 48.7 Å². The van der Waals surface area contributed by atoms with Crippen LogP contribution in [-0.2, 0) is 33.4 Å². The molecule has 2 heterocycles. The SMILES string of the molecule is CC(C)[C@H](CC(=O)OC(C)(C)C)C(=O)NC(CC1CCOCC1)C(=O)N1CCC[C@@H](C(=O)OCC(Cl)(Cl)Cl)N1. The summed E-state index contributed by atoms with van der Waals surface area (Å²) < 4.78 is 14.2. The van der Waals surface area contributed by atoms with Crippen molar-refractivity contribution in [2.75, 3.05) is 26.4 Å². The van der Waals surface area contributed by atoms with Crippen molar-refractivity contribution in [2.45, 2.75) is 94.6 Å². The fraction of sp³-hybridized carbons (Fsp3) is 0.846. The Balaban J connectivity index is 2.14. The number of ether oxygens (including phenoxy) is 3. The number of rotatable bonds is 10. The average Bonchev–Trinajstić information content (AvgIpc) is 2.84. The van der Waals surface area contributed by atoms with E-state index < -0.39 is 51.8 Å². The molecular weight excluding hydrogens is 573 g/mol. The van der Waals surface area contributed by atoms with E-state index in [-0.39, 0.29) is 24.2 Å². The molecule has 2 N–H and O–H groups in total. The summed E-state index contributed by atoms with van der Waals surface area (Å²) in [5, 5.41) is 4.27. The minimum Gasteiger partial charge on any atom is -0.460 e. The zero-order valence-electron chi connectivity index (χ0n) is 23.4. The van der Waals surface area contributed by atoms with E-state index in [0.29, 0.717) is 39.0 Å². The lowest BCUT2D eigenvalue weighted by molar-refractivity contribution is -0.158. The van der Waals surface area contributed by atoms with Gasteiger partial charge in [0.15, 0.2) is 0 Å². The minimum absolute atomic E-state index is 0.0992. The Hall–Kier alpha value is -1.33. The molecule has 0 aromatic heterocycles. The van der Waals surface area contributed by atoms with E-state index in [2.05, 4.69) is 10.7 Å². The first-order chi connectivity index (χ1) is 18.1. The molecule has 0 spiro atoms. The van der Waals surface area contributed by atoms with Crippen LogP contribution in [0.3, 0.4) is 0 Å². The molecule has 2 aliphatic heterocycles. The quantitative estimate of drug-likeness (QED) is 0.282. The molecule has 13 heteroatoms. The molecule has 2 saturated heterocycles. The first kappa shape index (κ1) is 33.9. The second-order valence-corrected chi connectivity index (χ2v) is 14.0. The van der Waals surface area contributed by atoms with Crippen molar-refractivity contribution in [3.63, 3.8) is 0 Å².